The van der Waals surface area contributed by atoms with Crippen LogP contribution in [-0.4, -0.2) is 31.3 Å². The molecule has 0 radical (unpaired) electrons. The highest BCUT2D eigenvalue weighted by atomic mass is 35.5. The van der Waals surface area contributed by atoms with E-state index in [2.05, 4.69) is 15.1 Å². The summed E-state index contributed by atoms with van der Waals surface area (Å²) in [6, 6.07) is 16.8. The molecule has 2 aromatic carbocycles. The lowest BCUT2D eigenvalue weighted by molar-refractivity contribution is 0.408. The van der Waals surface area contributed by atoms with Crippen molar-refractivity contribution >= 4 is 28.3 Å². The smallest absolute Gasteiger partial charge is 0.262 e. The summed E-state index contributed by atoms with van der Waals surface area (Å²) in [7, 11) is 1.62. The van der Waals surface area contributed by atoms with E-state index in [9.17, 15) is 4.79 Å². The zero-order valence-electron chi connectivity index (χ0n) is 16.9. The molecule has 0 saturated carbocycles. The quantitative estimate of drug-likeness (QED) is 0.428. The monoisotopic (exact) mass is 431 g/mol. The van der Waals surface area contributed by atoms with Crippen LogP contribution in [0.4, 0.5) is 0 Å². The molecule has 0 amide bonds. The van der Waals surface area contributed by atoms with Crippen LogP contribution in [0.2, 0.25) is 5.02 Å². The number of halogens is 1. The number of nitrogens with zero attached hydrogens (tertiary/aromatic N) is 5. The second-order valence-electron chi connectivity index (χ2n) is 7.16. The van der Waals surface area contributed by atoms with Crippen molar-refractivity contribution in [3.05, 3.63) is 87.6 Å². The Morgan fingerprint density at radius 2 is 1.90 bits per heavy atom. The van der Waals surface area contributed by atoms with Crippen molar-refractivity contribution in [3.8, 4) is 17.0 Å². The molecule has 0 spiro atoms. The van der Waals surface area contributed by atoms with E-state index < -0.39 is 0 Å². The molecule has 0 unspecified atom stereocenters. The van der Waals surface area contributed by atoms with Gasteiger partial charge in [0.1, 0.15) is 11.6 Å². The summed E-state index contributed by atoms with van der Waals surface area (Å²) >= 11 is 6.26. The van der Waals surface area contributed by atoms with E-state index in [1.165, 1.54) is 0 Å². The standard InChI is InChI=1S/C23H18ClN5O2/c1-14-25-23-26-18-10-11-28(13-16-6-3-4-9-19(16)31-2)22(30)20(18)21(29(23)27-14)15-7-5-8-17(24)12-15/h3-12H,13H2,1-2H3. The third kappa shape index (κ3) is 3.33. The molecule has 31 heavy (non-hydrogen) atoms. The Morgan fingerprint density at radius 3 is 2.71 bits per heavy atom. The third-order valence-electron chi connectivity index (χ3n) is 5.14. The van der Waals surface area contributed by atoms with Crippen molar-refractivity contribution < 1.29 is 4.74 Å². The van der Waals surface area contributed by atoms with E-state index in [1.807, 2.05) is 48.5 Å². The van der Waals surface area contributed by atoms with Gasteiger partial charge in [-0.1, -0.05) is 41.9 Å². The number of para-hydroxylation sites is 1. The summed E-state index contributed by atoms with van der Waals surface area (Å²) in [4.78, 5) is 22.6. The Balaban J connectivity index is 1.81. The predicted octanol–water partition coefficient (Wildman–Crippen LogP) is 4.12. The highest BCUT2D eigenvalue weighted by Crippen LogP contribution is 2.28. The van der Waals surface area contributed by atoms with Crippen LogP contribution in [0.25, 0.3) is 27.9 Å². The van der Waals surface area contributed by atoms with Gasteiger partial charge in [-0.25, -0.2) is 4.98 Å². The van der Waals surface area contributed by atoms with Crippen LogP contribution in [0.5, 0.6) is 5.75 Å². The van der Waals surface area contributed by atoms with Crippen LogP contribution in [0.1, 0.15) is 11.4 Å². The maximum Gasteiger partial charge on any atom is 0.262 e. The number of aromatic nitrogens is 5. The minimum absolute atomic E-state index is 0.180. The summed E-state index contributed by atoms with van der Waals surface area (Å²) in [5.41, 5.74) is 2.66. The van der Waals surface area contributed by atoms with E-state index in [-0.39, 0.29) is 5.56 Å². The number of methoxy groups -OCH3 is 1. The Morgan fingerprint density at radius 1 is 1.06 bits per heavy atom. The highest BCUT2D eigenvalue weighted by molar-refractivity contribution is 6.30. The van der Waals surface area contributed by atoms with E-state index in [0.29, 0.717) is 39.8 Å². The maximum absolute atomic E-state index is 13.6. The van der Waals surface area contributed by atoms with E-state index in [1.54, 1.807) is 35.4 Å². The average Bonchev–Trinajstić information content (AvgIpc) is 3.14. The Hall–Kier alpha value is -3.71. The average molecular weight is 432 g/mol. The maximum atomic E-state index is 13.6. The van der Waals surface area contributed by atoms with E-state index in [4.69, 9.17) is 16.3 Å². The van der Waals surface area contributed by atoms with Gasteiger partial charge >= 0.3 is 0 Å². The number of fused-ring (bicyclic) bond motifs is 2. The SMILES string of the molecule is COc1ccccc1Cn1ccc2nc3nc(C)nn3c(-c3cccc(Cl)c3)c2c1=O. The van der Waals surface area contributed by atoms with Crippen LogP contribution in [0.15, 0.2) is 65.6 Å². The fourth-order valence-corrected chi connectivity index (χ4v) is 3.95. The summed E-state index contributed by atoms with van der Waals surface area (Å²) in [5.74, 6) is 1.73. The lowest BCUT2D eigenvalue weighted by Crippen LogP contribution is -2.22. The zero-order chi connectivity index (χ0) is 21.5. The van der Waals surface area contributed by atoms with Gasteiger partial charge in [-0.2, -0.15) is 9.50 Å². The van der Waals surface area contributed by atoms with Gasteiger partial charge in [0.05, 0.1) is 30.3 Å². The van der Waals surface area contributed by atoms with Crippen molar-refractivity contribution in [2.45, 2.75) is 13.5 Å². The molecule has 154 valence electrons. The van der Waals surface area contributed by atoms with E-state index in [0.717, 1.165) is 16.9 Å². The molecule has 8 heteroatoms. The highest BCUT2D eigenvalue weighted by Gasteiger charge is 2.18. The van der Waals surface area contributed by atoms with Crippen LogP contribution in [-0.2, 0) is 6.54 Å². The molecular formula is C23H18ClN5O2. The zero-order valence-corrected chi connectivity index (χ0v) is 17.7. The van der Waals surface area contributed by atoms with Crippen molar-refractivity contribution in [2.24, 2.45) is 0 Å². The van der Waals surface area contributed by atoms with Gasteiger partial charge in [0, 0.05) is 22.3 Å². The van der Waals surface area contributed by atoms with Gasteiger partial charge in [0.2, 0.25) is 0 Å². The first-order chi connectivity index (χ1) is 15.0. The number of aryl methyl sites for hydroxylation is 1. The number of hydrogen-bond donors (Lipinski definition) is 0. The lowest BCUT2D eigenvalue weighted by Gasteiger charge is -2.13. The minimum Gasteiger partial charge on any atom is -0.496 e. The van der Waals surface area contributed by atoms with Gasteiger partial charge < -0.3 is 9.30 Å². The molecule has 3 heterocycles. The fourth-order valence-electron chi connectivity index (χ4n) is 3.76. The Labute approximate surface area is 182 Å². The summed E-state index contributed by atoms with van der Waals surface area (Å²) in [5, 5.41) is 5.51. The van der Waals surface area contributed by atoms with Gasteiger partial charge in [0.15, 0.2) is 0 Å². The number of benzene rings is 2. The molecule has 0 aliphatic rings. The first-order valence-corrected chi connectivity index (χ1v) is 10.1. The van der Waals surface area contributed by atoms with Gasteiger partial charge in [-0.05, 0) is 31.2 Å². The molecule has 0 atom stereocenters. The summed E-state index contributed by atoms with van der Waals surface area (Å²) in [6.45, 7) is 2.16. The van der Waals surface area contributed by atoms with Gasteiger partial charge in [-0.3, -0.25) is 4.79 Å². The number of rotatable bonds is 4. The molecule has 0 aliphatic carbocycles. The summed E-state index contributed by atoms with van der Waals surface area (Å²) in [6.07, 6.45) is 1.74. The molecule has 0 N–H and O–H groups in total. The Bertz CT molecular complexity index is 1510. The minimum atomic E-state index is -0.180. The molecule has 3 aromatic heterocycles. The molecule has 7 nitrogen and oxygen atoms in total. The van der Waals surface area contributed by atoms with E-state index >= 15 is 0 Å². The lowest BCUT2D eigenvalue weighted by atomic mass is 10.1. The summed E-state index contributed by atoms with van der Waals surface area (Å²) < 4.78 is 8.70. The van der Waals surface area contributed by atoms with Gasteiger partial charge in [-0.15, -0.1) is 5.10 Å². The first-order valence-electron chi connectivity index (χ1n) is 9.69. The molecule has 0 bridgehead atoms. The van der Waals surface area contributed by atoms with Gasteiger partial charge in [0.25, 0.3) is 11.3 Å². The molecule has 0 aliphatic heterocycles. The number of ether oxygens (including phenoxy) is 1. The molecule has 0 fully saturated rings. The topological polar surface area (TPSA) is 74.3 Å². The second kappa shape index (κ2) is 7.52. The van der Waals surface area contributed by atoms with Crippen LogP contribution in [0.3, 0.4) is 0 Å². The molecule has 0 saturated heterocycles. The number of hydrogen-bond acceptors (Lipinski definition) is 5. The normalized spacial score (nSPS) is 11.3. The van der Waals surface area contributed by atoms with Crippen molar-refractivity contribution in [1.29, 1.82) is 0 Å². The van der Waals surface area contributed by atoms with Crippen molar-refractivity contribution in [1.82, 2.24) is 24.1 Å². The predicted molar refractivity (Wildman–Crippen MR) is 120 cm³/mol. The van der Waals surface area contributed by atoms with Crippen LogP contribution < -0.4 is 10.3 Å². The van der Waals surface area contributed by atoms with Crippen LogP contribution in [0, 0.1) is 6.92 Å². The molecule has 5 aromatic rings. The van der Waals surface area contributed by atoms with Crippen molar-refractivity contribution in [3.63, 3.8) is 0 Å². The van der Waals surface area contributed by atoms with Crippen molar-refractivity contribution in [2.75, 3.05) is 7.11 Å². The fraction of sp³-hybridized carbons (Fsp3) is 0.130. The number of pyridine rings is 1. The third-order valence-corrected chi connectivity index (χ3v) is 5.37. The van der Waals surface area contributed by atoms with Crippen LogP contribution >= 0.6 is 11.6 Å². The largest absolute Gasteiger partial charge is 0.496 e. The first kappa shape index (κ1) is 19.3. The molecule has 5 rings (SSSR count). The Kier molecular flexibility index (Phi) is 4.67. The molecular weight excluding hydrogens is 414 g/mol. The second-order valence-corrected chi connectivity index (χ2v) is 7.60.